The van der Waals surface area contributed by atoms with Crippen molar-refractivity contribution in [1.29, 1.82) is 0 Å². The molecule has 2 radical (unpaired) electrons. The van der Waals surface area contributed by atoms with E-state index in [2.05, 4.69) is 0 Å². The van der Waals surface area contributed by atoms with Gasteiger partial charge in [0, 0.05) is 6.42 Å². The largest absolute Gasteiger partial charge is 0.493 e. The number of carbonyl (C=O) groups excluding carboxylic acids is 1. The van der Waals surface area contributed by atoms with E-state index in [9.17, 15) is 4.79 Å². The molecule has 1 aromatic rings. The van der Waals surface area contributed by atoms with E-state index >= 15 is 0 Å². The van der Waals surface area contributed by atoms with Crippen LogP contribution in [-0.2, 0) is 0 Å². The first kappa shape index (κ1) is 8.36. The average Bonchev–Trinajstić information content (AvgIpc) is 2.12. The summed E-state index contributed by atoms with van der Waals surface area (Å²) < 4.78 is 5.36. The summed E-state index contributed by atoms with van der Waals surface area (Å²) >= 11 is 0. The topological polar surface area (TPSA) is 26.3 Å². The number of carbonyl (C=O) groups is 1. The maximum atomic E-state index is 11.4. The lowest BCUT2D eigenvalue weighted by Crippen LogP contribution is -2.23. The van der Waals surface area contributed by atoms with Crippen LogP contribution in [0.1, 0.15) is 22.3 Å². The molecule has 1 aliphatic heterocycles. The van der Waals surface area contributed by atoms with Gasteiger partial charge >= 0.3 is 0 Å². The van der Waals surface area contributed by atoms with Gasteiger partial charge in [-0.2, -0.15) is 0 Å². The van der Waals surface area contributed by atoms with E-state index in [4.69, 9.17) is 12.6 Å². The zero-order valence-electron chi connectivity index (χ0n) is 7.46. The molecule has 1 aromatic carbocycles. The standard InChI is InChI=1S/C10H9BO2/c1-6-2-3-7-8(12)4-5-13-10(7)9(6)11/h2-3H,4-5H2,1H3. The highest BCUT2D eigenvalue weighted by molar-refractivity contribution is 6.36. The summed E-state index contributed by atoms with van der Waals surface area (Å²) in [5.74, 6) is 0.684. The Morgan fingerprint density at radius 3 is 3.00 bits per heavy atom. The van der Waals surface area contributed by atoms with E-state index < -0.39 is 0 Å². The summed E-state index contributed by atoms with van der Waals surface area (Å²) in [6.45, 7) is 2.34. The number of hydrogen-bond donors (Lipinski definition) is 0. The van der Waals surface area contributed by atoms with Gasteiger partial charge in [-0.25, -0.2) is 0 Å². The molecule has 0 spiro atoms. The number of aryl methyl sites for hydroxylation is 1. The Kier molecular flexibility index (Phi) is 1.87. The van der Waals surface area contributed by atoms with Gasteiger partial charge in [0.25, 0.3) is 0 Å². The molecule has 0 N–H and O–H groups in total. The predicted molar refractivity (Wildman–Crippen MR) is 51.0 cm³/mol. The molecular formula is C10H9BO2. The van der Waals surface area contributed by atoms with Gasteiger partial charge in [-0.05, 0) is 13.0 Å². The Morgan fingerprint density at radius 1 is 1.46 bits per heavy atom. The van der Waals surface area contributed by atoms with Crippen molar-refractivity contribution in [2.24, 2.45) is 0 Å². The summed E-state index contributed by atoms with van der Waals surface area (Å²) in [5, 5.41) is 0. The van der Waals surface area contributed by atoms with Crippen LogP contribution in [0, 0.1) is 6.92 Å². The van der Waals surface area contributed by atoms with Crippen LogP contribution in [0.5, 0.6) is 5.75 Å². The Hall–Kier alpha value is -1.25. The second-order valence-electron chi connectivity index (χ2n) is 3.19. The van der Waals surface area contributed by atoms with Gasteiger partial charge in [0.05, 0.1) is 12.2 Å². The zero-order chi connectivity index (χ0) is 9.42. The molecule has 1 heterocycles. The Morgan fingerprint density at radius 2 is 2.23 bits per heavy atom. The van der Waals surface area contributed by atoms with Gasteiger partial charge in [0.1, 0.15) is 13.6 Å². The smallest absolute Gasteiger partial charge is 0.169 e. The molecule has 64 valence electrons. The second kappa shape index (κ2) is 2.91. The Balaban J connectivity index is 2.63. The van der Waals surface area contributed by atoms with Gasteiger partial charge < -0.3 is 4.74 Å². The Labute approximate surface area is 78.3 Å². The summed E-state index contributed by atoms with van der Waals surface area (Å²) in [7, 11) is 5.79. The first-order valence-electron chi connectivity index (χ1n) is 4.25. The monoisotopic (exact) mass is 172 g/mol. The minimum Gasteiger partial charge on any atom is -0.493 e. The summed E-state index contributed by atoms with van der Waals surface area (Å²) in [4.78, 5) is 11.4. The van der Waals surface area contributed by atoms with Gasteiger partial charge in [-0.3, -0.25) is 4.79 Å². The molecular weight excluding hydrogens is 163 g/mol. The van der Waals surface area contributed by atoms with Crippen LogP contribution in [0.4, 0.5) is 0 Å². The van der Waals surface area contributed by atoms with Crippen LogP contribution >= 0.6 is 0 Å². The number of ketones is 1. The van der Waals surface area contributed by atoms with Crippen LogP contribution in [-0.4, -0.2) is 20.2 Å². The van der Waals surface area contributed by atoms with E-state index in [-0.39, 0.29) is 5.78 Å². The van der Waals surface area contributed by atoms with Crippen LogP contribution in [0.15, 0.2) is 12.1 Å². The summed E-state index contributed by atoms with van der Waals surface area (Å²) in [6, 6.07) is 3.63. The average molecular weight is 172 g/mol. The van der Waals surface area contributed by atoms with Crippen molar-refractivity contribution < 1.29 is 9.53 Å². The van der Waals surface area contributed by atoms with Crippen LogP contribution < -0.4 is 10.2 Å². The van der Waals surface area contributed by atoms with Crippen molar-refractivity contribution >= 4 is 19.1 Å². The molecule has 0 bridgehead atoms. The van der Waals surface area contributed by atoms with Gasteiger partial charge in [0.2, 0.25) is 0 Å². The van der Waals surface area contributed by atoms with Crippen molar-refractivity contribution in [3.05, 3.63) is 23.3 Å². The molecule has 1 aliphatic rings. The van der Waals surface area contributed by atoms with Crippen LogP contribution in [0.2, 0.25) is 0 Å². The molecule has 2 rings (SSSR count). The van der Waals surface area contributed by atoms with Crippen LogP contribution in [0.3, 0.4) is 0 Å². The summed E-state index contributed by atoms with van der Waals surface area (Å²) in [5.41, 5.74) is 2.16. The summed E-state index contributed by atoms with van der Waals surface area (Å²) in [6.07, 6.45) is 0.454. The number of hydrogen-bond acceptors (Lipinski definition) is 2. The maximum absolute atomic E-state index is 11.4. The third kappa shape index (κ3) is 1.24. The lowest BCUT2D eigenvalue weighted by atomic mass is 9.86. The van der Waals surface area contributed by atoms with Gasteiger partial charge in [0.15, 0.2) is 5.78 Å². The fraction of sp³-hybridized carbons (Fsp3) is 0.300. The predicted octanol–water partition coefficient (Wildman–Crippen LogP) is 0.754. The van der Waals surface area contributed by atoms with Crippen molar-refractivity contribution in [3.8, 4) is 5.75 Å². The van der Waals surface area contributed by atoms with Gasteiger partial charge in [-0.15, -0.1) is 0 Å². The van der Waals surface area contributed by atoms with Crippen molar-refractivity contribution in [1.82, 2.24) is 0 Å². The van der Waals surface area contributed by atoms with Gasteiger partial charge in [-0.1, -0.05) is 17.1 Å². The first-order valence-corrected chi connectivity index (χ1v) is 4.25. The number of fused-ring (bicyclic) bond motifs is 1. The third-order valence-electron chi connectivity index (χ3n) is 2.29. The second-order valence-corrected chi connectivity index (χ2v) is 3.19. The molecule has 0 amide bonds. The van der Waals surface area contributed by atoms with E-state index in [1.165, 1.54) is 0 Å². The van der Waals surface area contributed by atoms with Crippen molar-refractivity contribution in [2.75, 3.05) is 6.61 Å². The van der Waals surface area contributed by atoms with E-state index in [0.717, 1.165) is 5.56 Å². The van der Waals surface area contributed by atoms with Crippen LogP contribution in [0.25, 0.3) is 0 Å². The lowest BCUT2D eigenvalue weighted by Gasteiger charge is -2.19. The molecule has 0 saturated heterocycles. The molecule has 0 saturated carbocycles. The molecule has 2 nitrogen and oxygen atoms in total. The minimum atomic E-state index is 0.118. The highest BCUT2D eigenvalue weighted by Crippen LogP contribution is 2.22. The number of Topliss-reactive ketones (excluding diaryl/α,β-unsaturated/α-hetero) is 1. The maximum Gasteiger partial charge on any atom is 0.169 e. The number of rotatable bonds is 0. The molecule has 0 unspecified atom stereocenters. The molecule has 0 aliphatic carbocycles. The van der Waals surface area contributed by atoms with E-state index in [1.54, 1.807) is 6.07 Å². The molecule has 0 aromatic heterocycles. The number of ether oxygens (including phenoxy) is 1. The third-order valence-corrected chi connectivity index (χ3v) is 2.29. The highest BCUT2D eigenvalue weighted by Gasteiger charge is 2.19. The van der Waals surface area contributed by atoms with E-state index in [1.807, 2.05) is 13.0 Å². The van der Waals surface area contributed by atoms with Crippen molar-refractivity contribution in [3.63, 3.8) is 0 Å². The fourth-order valence-corrected chi connectivity index (χ4v) is 1.45. The van der Waals surface area contributed by atoms with E-state index in [0.29, 0.717) is 29.8 Å². The molecule has 3 heteroatoms. The SMILES string of the molecule is [B]c1c(C)ccc2c1OCCC2=O. The number of benzene rings is 1. The lowest BCUT2D eigenvalue weighted by molar-refractivity contribution is 0.0934. The first-order chi connectivity index (χ1) is 6.20. The molecule has 13 heavy (non-hydrogen) atoms. The highest BCUT2D eigenvalue weighted by atomic mass is 16.5. The fourth-order valence-electron chi connectivity index (χ4n) is 1.45. The van der Waals surface area contributed by atoms with Crippen molar-refractivity contribution in [2.45, 2.75) is 13.3 Å². The molecule has 0 atom stereocenters. The molecule has 0 fully saturated rings. The zero-order valence-corrected chi connectivity index (χ0v) is 7.46. The minimum absolute atomic E-state index is 0.118. The normalized spacial score (nSPS) is 15.0. The quantitative estimate of drug-likeness (QED) is 0.540. The Bertz CT molecular complexity index is 371.